The SMILES string of the molecule is Cc1ccc(-c2csc3c(=O)[nH]c(=O)n(COC(CO)CO)c23)cc1. The molecule has 132 valence electrons. The van der Waals surface area contributed by atoms with Crippen molar-refractivity contribution in [2.75, 3.05) is 13.2 Å². The zero-order valence-electron chi connectivity index (χ0n) is 13.6. The molecule has 0 atom stereocenters. The topological polar surface area (TPSA) is 105 Å². The van der Waals surface area contributed by atoms with Crippen molar-refractivity contribution in [2.45, 2.75) is 19.8 Å². The van der Waals surface area contributed by atoms with Crippen molar-refractivity contribution in [1.29, 1.82) is 0 Å². The molecule has 3 aromatic rings. The lowest BCUT2D eigenvalue weighted by atomic mass is 10.1. The smallest absolute Gasteiger partial charge is 0.330 e. The number of H-pyrrole nitrogens is 1. The molecule has 0 amide bonds. The first-order valence-electron chi connectivity index (χ1n) is 7.69. The first-order valence-corrected chi connectivity index (χ1v) is 8.57. The largest absolute Gasteiger partial charge is 0.394 e. The summed E-state index contributed by atoms with van der Waals surface area (Å²) in [4.78, 5) is 26.7. The molecule has 0 bridgehead atoms. The minimum Gasteiger partial charge on any atom is -0.394 e. The maximum absolute atomic E-state index is 12.3. The molecule has 0 spiro atoms. The maximum Gasteiger partial charge on any atom is 0.330 e. The molecule has 0 saturated heterocycles. The number of hydrogen-bond acceptors (Lipinski definition) is 6. The number of aliphatic hydroxyl groups is 2. The van der Waals surface area contributed by atoms with Crippen molar-refractivity contribution in [1.82, 2.24) is 9.55 Å². The molecule has 25 heavy (non-hydrogen) atoms. The van der Waals surface area contributed by atoms with E-state index < -0.39 is 17.4 Å². The second-order valence-corrected chi connectivity index (χ2v) is 6.54. The lowest BCUT2D eigenvalue weighted by Crippen LogP contribution is -2.33. The third kappa shape index (κ3) is 3.42. The van der Waals surface area contributed by atoms with Gasteiger partial charge < -0.3 is 14.9 Å². The number of aromatic nitrogens is 2. The van der Waals surface area contributed by atoms with E-state index in [0.717, 1.165) is 16.7 Å². The molecule has 0 fully saturated rings. The number of nitrogens with one attached hydrogen (secondary N) is 1. The third-order valence-electron chi connectivity index (χ3n) is 3.92. The second kappa shape index (κ2) is 7.32. The van der Waals surface area contributed by atoms with E-state index in [1.807, 2.05) is 36.6 Å². The molecule has 1 aromatic carbocycles. The Morgan fingerprint density at radius 1 is 1.20 bits per heavy atom. The average molecular weight is 362 g/mol. The van der Waals surface area contributed by atoms with Crippen LogP contribution in [-0.2, 0) is 11.5 Å². The van der Waals surface area contributed by atoms with E-state index in [4.69, 9.17) is 14.9 Å². The van der Waals surface area contributed by atoms with Crippen LogP contribution >= 0.6 is 11.3 Å². The minimum absolute atomic E-state index is 0.187. The molecule has 0 aliphatic carbocycles. The van der Waals surface area contributed by atoms with Crippen molar-refractivity contribution in [3.63, 3.8) is 0 Å². The van der Waals surface area contributed by atoms with Crippen molar-refractivity contribution >= 4 is 21.6 Å². The molecule has 7 nitrogen and oxygen atoms in total. The highest BCUT2D eigenvalue weighted by Gasteiger charge is 2.16. The van der Waals surface area contributed by atoms with Crippen LogP contribution in [0.5, 0.6) is 0 Å². The Hall–Kier alpha value is -2.26. The predicted octanol–water partition coefficient (Wildman–Crippen LogP) is 1.05. The molecule has 8 heteroatoms. The van der Waals surface area contributed by atoms with Crippen LogP contribution in [0.1, 0.15) is 5.56 Å². The van der Waals surface area contributed by atoms with E-state index in [-0.39, 0.29) is 19.9 Å². The van der Waals surface area contributed by atoms with Crippen LogP contribution in [0.25, 0.3) is 21.3 Å². The number of hydrogen-bond donors (Lipinski definition) is 3. The van der Waals surface area contributed by atoms with Crippen LogP contribution in [0.3, 0.4) is 0 Å². The molecule has 3 rings (SSSR count). The lowest BCUT2D eigenvalue weighted by Gasteiger charge is -2.15. The number of ether oxygens (including phenoxy) is 1. The van der Waals surface area contributed by atoms with Gasteiger partial charge in [0.2, 0.25) is 0 Å². The minimum atomic E-state index is -0.796. The van der Waals surface area contributed by atoms with Gasteiger partial charge in [0.05, 0.1) is 18.7 Å². The van der Waals surface area contributed by atoms with Gasteiger partial charge in [-0.05, 0) is 12.5 Å². The van der Waals surface area contributed by atoms with Crippen LogP contribution in [-0.4, -0.2) is 39.1 Å². The van der Waals surface area contributed by atoms with Crippen molar-refractivity contribution < 1.29 is 14.9 Å². The highest BCUT2D eigenvalue weighted by Crippen LogP contribution is 2.31. The molecule has 0 unspecified atom stereocenters. The zero-order chi connectivity index (χ0) is 18.0. The van der Waals surface area contributed by atoms with Gasteiger partial charge >= 0.3 is 5.69 Å². The van der Waals surface area contributed by atoms with Gasteiger partial charge in [0.15, 0.2) is 0 Å². The number of thiophene rings is 1. The number of fused-ring (bicyclic) bond motifs is 1. The van der Waals surface area contributed by atoms with Crippen LogP contribution in [0.4, 0.5) is 0 Å². The number of benzene rings is 1. The Balaban J connectivity index is 2.15. The van der Waals surface area contributed by atoms with Gasteiger partial charge in [-0.1, -0.05) is 29.8 Å². The lowest BCUT2D eigenvalue weighted by molar-refractivity contribution is -0.0498. The summed E-state index contributed by atoms with van der Waals surface area (Å²) in [6.07, 6.45) is -0.796. The summed E-state index contributed by atoms with van der Waals surface area (Å²) in [6.45, 7) is 1.06. The van der Waals surface area contributed by atoms with E-state index in [9.17, 15) is 9.59 Å². The summed E-state index contributed by atoms with van der Waals surface area (Å²) in [5, 5.41) is 20.1. The number of aliphatic hydroxyl groups excluding tert-OH is 2. The number of aryl methyl sites for hydroxylation is 1. The number of nitrogens with zero attached hydrogens (tertiary/aromatic N) is 1. The maximum atomic E-state index is 12.3. The van der Waals surface area contributed by atoms with Gasteiger partial charge in [-0.15, -0.1) is 11.3 Å². The summed E-state index contributed by atoms with van der Waals surface area (Å²) in [6, 6.07) is 7.77. The monoisotopic (exact) mass is 362 g/mol. The Morgan fingerprint density at radius 2 is 1.88 bits per heavy atom. The predicted molar refractivity (Wildman–Crippen MR) is 95.9 cm³/mol. The molecule has 0 aliphatic heterocycles. The molecule has 2 heterocycles. The van der Waals surface area contributed by atoms with Gasteiger partial charge in [-0.3, -0.25) is 14.3 Å². The fourth-order valence-corrected chi connectivity index (χ4v) is 3.48. The van der Waals surface area contributed by atoms with Crippen LogP contribution in [0.15, 0.2) is 39.2 Å². The summed E-state index contributed by atoms with van der Waals surface area (Å²) in [5.74, 6) is 0. The Morgan fingerprint density at radius 3 is 2.52 bits per heavy atom. The first kappa shape index (κ1) is 17.6. The van der Waals surface area contributed by atoms with Gasteiger partial charge in [0, 0.05) is 10.9 Å². The van der Waals surface area contributed by atoms with Crippen molar-refractivity contribution in [3.05, 3.63) is 56.0 Å². The van der Waals surface area contributed by atoms with Crippen LogP contribution < -0.4 is 11.2 Å². The molecule has 0 saturated carbocycles. The fourth-order valence-electron chi connectivity index (χ4n) is 2.51. The number of aromatic amines is 1. The highest BCUT2D eigenvalue weighted by atomic mass is 32.1. The molecular formula is C17H18N2O5S. The average Bonchev–Trinajstić information content (AvgIpc) is 3.04. The molecule has 0 aliphatic rings. The molecule has 3 N–H and O–H groups in total. The Kier molecular flexibility index (Phi) is 5.14. The van der Waals surface area contributed by atoms with E-state index in [1.54, 1.807) is 0 Å². The molecule has 2 aromatic heterocycles. The Labute approximate surface area is 146 Å². The third-order valence-corrected chi connectivity index (χ3v) is 4.88. The van der Waals surface area contributed by atoms with Crippen LogP contribution in [0.2, 0.25) is 0 Å². The summed E-state index contributed by atoms with van der Waals surface area (Å²) >= 11 is 1.25. The quantitative estimate of drug-likeness (QED) is 0.608. The number of rotatable bonds is 6. The molecule has 0 radical (unpaired) electrons. The van der Waals surface area contributed by atoms with E-state index >= 15 is 0 Å². The molecular weight excluding hydrogens is 344 g/mol. The standard InChI is InChI=1S/C17H18N2O5S/c1-10-2-4-11(5-3-10)13-8-25-15-14(13)19(17(23)18-16(15)22)9-24-12(6-20)7-21/h2-5,8,12,20-21H,6-7,9H2,1H3,(H,18,22,23). The van der Waals surface area contributed by atoms with Gasteiger partial charge in [0.25, 0.3) is 5.56 Å². The second-order valence-electron chi connectivity index (χ2n) is 5.66. The van der Waals surface area contributed by atoms with E-state index in [0.29, 0.717) is 10.2 Å². The first-order chi connectivity index (χ1) is 12.0. The Bertz CT molecular complexity index is 983. The normalized spacial score (nSPS) is 11.5. The fraction of sp³-hybridized carbons (Fsp3) is 0.294. The van der Waals surface area contributed by atoms with Gasteiger partial charge in [-0.25, -0.2) is 4.79 Å². The summed E-state index contributed by atoms with van der Waals surface area (Å²) in [5.41, 5.74) is 2.19. The van der Waals surface area contributed by atoms with Crippen molar-refractivity contribution in [2.24, 2.45) is 0 Å². The summed E-state index contributed by atoms with van der Waals surface area (Å²) < 4.78 is 7.11. The zero-order valence-corrected chi connectivity index (χ0v) is 14.4. The van der Waals surface area contributed by atoms with Crippen molar-refractivity contribution in [3.8, 4) is 11.1 Å². The van der Waals surface area contributed by atoms with E-state index in [2.05, 4.69) is 4.98 Å². The van der Waals surface area contributed by atoms with Gasteiger partial charge in [-0.2, -0.15) is 0 Å². The van der Waals surface area contributed by atoms with Gasteiger partial charge in [0.1, 0.15) is 17.5 Å². The van der Waals surface area contributed by atoms with Crippen LogP contribution in [0, 0.1) is 6.92 Å². The van der Waals surface area contributed by atoms with E-state index in [1.165, 1.54) is 15.9 Å². The summed E-state index contributed by atoms with van der Waals surface area (Å²) in [7, 11) is 0. The highest BCUT2D eigenvalue weighted by molar-refractivity contribution is 7.17.